The minimum Gasteiger partial charge on any atom is -0.258 e. The van der Waals surface area contributed by atoms with Crippen molar-refractivity contribution in [3.05, 3.63) is 49.2 Å². The molecule has 92 valence electrons. The number of pyridine rings is 1. The SMILES string of the molecule is O=[N+]([O-])c1cccnc1N/N=C\c1cc(Br)cs1. The number of rotatable bonds is 4. The zero-order chi connectivity index (χ0) is 13.0. The lowest BCUT2D eigenvalue weighted by Crippen LogP contribution is -1.98. The van der Waals surface area contributed by atoms with Crippen LogP contribution in [0, 0.1) is 10.1 Å². The zero-order valence-electron chi connectivity index (χ0n) is 8.91. The molecule has 0 aliphatic rings. The Morgan fingerprint density at radius 2 is 2.44 bits per heavy atom. The lowest BCUT2D eigenvalue weighted by Gasteiger charge is -1.99. The van der Waals surface area contributed by atoms with E-state index in [1.165, 1.54) is 29.7 Å². The maximum absolute atomic E-state index is 10.7. The monoisotopic (exact) mass is 326 g/mol. The molecule has 0 aliphatic heterocycles. The minimum absolute atomic E-state index is 0.109. The molecule has 18 heavy (non-hydrogen) atoms. The number of hydrogen-bond donors (Lipinski definition) is 1. The van der Waals surface area contributed by atoms with E-state index in [9.17, 15) is 10.1 Å². The van der Waals surface area contributed by atoms with Gasteiger partial charge < -0.3 is 0 Å². The summed E-state index contributed by atoms with van der Waals surface area (Å²) in [6, 6.07) is 4.76. The number of halogens is 1. The van der Waals surface area contributed by atoms with Crippen molar-refractivity contribution >= 4 is 45.0 Å². The number of aromatic nitrogens is 1. The lowest BCUT2D eigenvalue weighted by atomic mass is 10.4. The summed E-state index contributed by atoms with van der Waals surface area (Å²) in [5, 5.41) is 16.6. The summed E-state index contributed by atoms with van der Waals surface area (Å²) in [6.07, 6.45) is 3.04. The zero-order valence-corrected chi connectivity index (χ0v) is 11.3. The number of nitrogens with one attached hydrogen (secondary N) is 1. The standard InChI is InChI=1S/C10H7BrN4O2S/c11-7-4-8(18-6-7)5-13-14-10-9(15(16)17)2-1-3-12-10/h1-6H,(H,12,14)/b13-5-. The van der Waals surface area contributed by atoms with Crippen LogP contribution < -0.4 is 5.43 Å². The van der Waals surface area contributed by atoms with Gasteiger partial charge in [0.15, 0.2) is 0 Å². The van der Waals surface area contributed by atoms with E-state index in [1.807, 2.05) is 11.4 Å². The molecule has 0 spiro atoms. The van der Waals surface area contributed by atoms with Crippen LogP contribution in [0.2, 0.25) is 0 Å². The van der Waals surface area contributed by atoms with Crippen molar-refractivity contribution in [1.82, 2.24) is 4.98 Å². The van der Waals surface area contributed by atoms with Gasteiger partial charge in [0.2, 0.25) is 5.82 Å². The summed E-state index contributed by atoms with van der Waals surface area (Å²) in [7, 11) is 0. The minimum atomic E-state index is -0.507. The Kier molecular flexibility index (Phi) is 4.00. The molecule has 0 saturated carbocycles. The number of hydrogen-bond acceptors (Lipinski definition) is 6. The highest BCUT2D eigenvalue weighted by Crippen LogP contribution is 2.21. The van der Waals surface area contributed by atoms with E-state index in [2.05, 4.69) is 31.4 Å². The van der Waals surface area contributed by atoms with Gasteiger partial charge in [0, 0.05) is 27.0 Å². The Hall–Kier alpha value is -1.80. The normalized spacial score (nSPS) is 10.7. The van der Waals surface area contributed by atoms with Crippen LogP contribution in [0.25, 0.3) is 0 Å². The van der Waals surface area contributed by atoms with E-state index in [4.69, 9.17) is 0 Å². The van der Waals surface area contributed by atoms with E-state index in [-0.39, 0.29) is 11.5 Å². The quantitative estimate of drug-likeness (QED) is 0.531. The lowest BCUT2D eigenvalue weighted by molar-refractivity contribution is -0.384. The molecule has 2 rings (SSSR count). The predicted molar refractivity (Wildman–Crippen MR) is 74.1 cm³/mol. The Balaban J connectivity index is 2.11. The maximum atomic E-state index is 10.7. The summed E-state index contributed by atoms with van der Waals surface area (Å²) in [5.74, 6) is 0.120. The first-order valence-corrected chi connectivity index (χ1v) is 6.46. The molecule has 0 atom stereocenters. The molecule has 0 saturated heterocycles. The number of hydrazone groups is 1. The molecule has 0 fully saturated rings. The topological polar surface area (TPSA) is 80.4 Å². The smallest absolute Gasteiger partial charge is 0.258 e. The van der Waals surface area contributed by atoms with Crippen molar-refractivity contribution in [3.63, 3.8) is 0 Å². The van der Waals surface area contributed by atoms with Gasteiger partial charge in [0.25, 0.3) is 0 Å². The number of thiophene rings is 1. The largest absolute Gasteiger partial charge is 0.313 e. The summed E-state index contributed by atoms with van der Waals surface area (Å²) in [6.45, 7) is 0. The molecule has 1 N–H and O–H groups in total. The Morgan fingerprint density at radius 3 is 3.11 bits per heavy atom. The van der Waals surface area contributed by atoms with Crippen LogP contribution in [-0.2, 0) is 0 Å². The van der Waals surface area contributed by atoms with Gasteiger partial charge in [-0.15, -0.1) is 11.3 Å². The van der Waals surface area contributed by atoms with Crippen molar-refractivity contribution in [2.75, 3.05) is 5.43 Å². The van der Waals surface area contributed by atoms with Gasteiger partial charge in [-0.25, -0.2) is 4.98 Å². The van der Waals surface area contributed by atoms with Crippen LogP contribution in [-0.4, -0.2) is 16.1 Å². The Bertz CT molecular complexity index is 599. The second-order valence-corrected chi connectivity index (χ2v) is 5.02. The molecule has 0 radical (unpaired) electrons. The van der Waals surface area contributed by atoms with Crippen molar-refractivity contribution in [1.29, 1.82) is 0 Å². The van der Waals surface area contributed by atoms with Crippen LogP contribution in [0.3, 0.4) is 0 Å². The third-order valence-electron chi connectivity index (χ3n) is 1.93. The van der Waals surface area contributed by atoms with Gasteiger partial charge in [0.05, 0.1) is 11.1 Å². The molecular formula is C10H7BrN4O2S. The molecular weight excluding hydrogens is 320 g/mol. The van der Waals surface area contributed by atoms with Crippen LogP contribution in [0.1, 0.15) is 4.88 Å². The van der Waals surface area contributed by atoms with Gasteiger partial charge in [-0.3, -0.25) is 15.5 Å². The summed E-state index contributed by atoms with van der Waals surface area (Å²) in [5.41, 5.74) is 2.45. The molecule has 0 aromatic carbocycles. The van der Waals surface area contributed by atoms with E-state index < -0.39 is 4.92 Å². The molecule has 2 aromatic rings. The first-order valence-electron chi connectivity index (χ1n) is 4.79. The van der Waals surface area contributed by atoms with Gasteiger partial charge in [-0.1, -0.05) is 0 Å². The molecule has 0 amide bonds. The second-order valence-electron chi connectivity index (χ2n) is 3.17. The van der Waals surface area contributed by atoms with Gasteiger partial charge in [-0.05, 0) is 28.1 Å². The highest BCUT2D eigenvalue weighted by Gasteiger charge is 2.12. The fraction of sp³-hybridized carbons (Fsp3) is 0. The third kappa shape index (κ3) is 3.11. The van der Waals surface area contributed by atoms with Gasteiger partial charge >= 0.3 is 5.69 Å². The van der Waals surface area contributed by atoms with Gasteiger partial charge in [0.1, 0.15) is 0 Å². The van der Waals surface area contributed by atoms with Crippen molar-refractivity contribution in [2.45, 2.75) is 0 Å². The first kappa shape index (κ1) is 12.7. The number of anilines is 1. The molecule has 2 aromatic heterocycles. The number of nitro groups is 1. The fourth-order valence-corrected chi connectivity index (χ4v) is 2.49. The molecule has 0 bridgehead atoms. The molecule has 8 heteroatoms. The van der Waals surface area contributed by atoms with Crippen LogP contribution in [0.5, 0.6) is 0 Å². The summed E-state index contributed by atoms with van der Waals surface area (Å²) in [4.78, 5) is 15.0. The van der Waals surface area contributed by atoms with E-state index in [0.29, 0.717) is 0 Å². The predicted octanol–water partition coefficient (Wildman–Crippen LogP) is 3.26. The summed E-state index contributed by atoms with van der Waals surface area (Å²) < 4.78 is 0.970. The third-order valence-corrected chi connectivity index (χ3v) is 3.56. The van der Waals surface area contributed by atoms with E-state index in [1.54, 1.807) is 6.21 Å². The highest BCUT2D eigenvalue weighted by atomic mass is 79.9. The van der Waals surface area contributed by atoms with Crippen molar-refractivity contribution < 1.29 is 4.92 Å². The molecule has 2 heterocycles. The number of nitrogens with zero attached hydrogens (tertiary/aromatic N) is 3. The average molecular weight is 327 g/mol. The molecule has 0 aliphatic carbocycles. The highest BCUT2D eigenvalue weighted by molar-refractivity contribution is 9.10. The maximum Gasteiger partial charge on any atom is 0.313 e. The Labute approximate surface area is 115 Å². The average Bonchev–Trinajstić information content (AvgIpc) is 2.75. The Morgan fingerprint density at radius 1 is 1.61 bits per heavy atom. The fourth-order valence-electron chi connectivity index (χ4n) is 1.18. The van der Waals surface area contributed by atoms with E-state index in [0.717, 1.165) is 9.35 Å². The van der Waals surface area contributed by atoms with Crippen LogP contribution in [0.4, 0.5) is 11.5 Å². The van der Waals surface area contributed by atoms with Crippen molar-refractivity contribution in [3.8, 4) is 0 Å². The van der Waals surface area contributed by atoms with Crippen LogP contribution in [0.15, 0.2) is 39.4 Å². The van der Waals surface area contributed by atoms with Crippen molar-refractivity contribution in [2.24, 2.45) is 5.10 Å². The summed E-state index contributed by atoms with van der Waals surface area (Å²) >= 11 is 4.83. The van der Waals surface area contributed by atoms with Crippen LogP contribution >= 0.6 is 27.3 Å². The van der Waals surface area contributed by atoms with E-state index >= 15 is 0 Å². The molecule has 0 unspecified atom stereocenters. The first-order chi connectivity index (χ1) is 8.66. The molecule has 6 nitrogen and oxygen atoms in total. The second kappa shape index (κ2) is 5.69. The van der Waals surface area contributed by atoms with Gasteiger partial charge in [-0.2, -0.15) is 5.10 Å².